The van der Waals surface area contributed by atoms with E-state index in [4.69, 9.17) is 9.72 Å². The summed E-state index contributed by atoms with van der Waals surface area (Å²) in [6.45, 7) is 4.78. The summed E-state index contributed by atoms with van der Waals surface area (Å²) in [5, 5.41) is 2.91. The van der Waals surface area contributed by atoms with E-state index in [0.717, 1.165) is 35.5 Å². The Morgan fingerprint density at radius 1 is 1.00 bits per heavy atom. The van der Waals surface area contributed by atoms with Gasteiger partial charge in [-0.25, -0.2) is 0 Å². The van der Waals surface area contributed by atoms with Gasteiger partial charge in [0.2, 0.25) is 5.91 Å². The van der Waals surface area contributed by atoms with Crippen LogP contribution in [-0.2, 0) is 4.79 Å². The summed E-state index contributed by atoms with van der Waals surface area (Å²) in [7, 11) is 1.66. The van der Waals surface area contributed by atoms with Crippen molar-refractivity contribution in [2.24, 2.45) is 0 Å². The van der Waals surface area contributed by atoms with Crippen LogP contribution in [0.3, 0.4) is 0 Å². The van der Waals surface area contributed by atoms with Crippen molar-refractivity contribution in [2.75, 3.05) is 20.2 Å². The van der Waals surface area contributed by atoms with Gasteiger partial charge in [0.25, 0.3) is 5.91 Å². The number of para-hydroxylation sites is 1. The van der Waals surface area contributed by atoms with Gasteiger partial charge < -0.3 is 15.0 Å². The van der Waals surface area contributed by atoms with Crippen molar-refractivity contribution in [1.29, 1.82) is 0 Å². The Hall–Kier alpha value is -3.67. The number of hydrogen-bond donors (Lipinski definition) is 1. The van der Waals surface area contributed by atoms with E-state index in [2.05, 4.69) is 5.32 Å². The minimum Gasteiger partial charge on any atom is -0.496 e. The summed E-state index contributed by atoms with van der Waals surface area (Å²) in [5.74, 6) is 0.581. The van der Waals surface area contributed by atoms with Crippen LogP contribution < -0.4 is 10.1 Å². The summed E-state index contributed by atoms with van der Waals surface area (Å²) < 4.78 is 5.51. The molecule has 1 atom stereocenters. The molecule has 2 heterocycles. The van der Waals surface area contributed by atoms with Gasteiger partial charge in [-0.15, -0.1) is 0 Å². The van der Waals surface area contributed by atoms with Crippen molar-refractivity contribution in [2.45, 2.75) is 38.1 Å². The lowest BCUT2D eigenvalue weighted by Gasteiger charge is -2.37. The molecule has 3 aromatic rings. The molecule has 0 spiro atoms. The number of benzene rings is 2. The second kappa shape index (κ2) is 10.1. The number of hydrogen-bond acceptors (Lipinski definition) is 4. The molecule has 34 heavy (non-hydrogen) atoms. The molecule has 0 saturated carbocycles. The van der Waals surface area contributed by atoms with Crippen LogP contribution in [0.15, 0.2) is 72.8 Å². The Morgan fingerprint density at radius 3 is 2.50 bits per heavy atom. The van der Waals surface area contributed by atoms with E-state index in [1.165, 1.54) is 0 Å². The Kier molecular flexibility index (Phi) is 6.96. The largest absolute Gasteiger partial charge is 0.496 e. The number of carbonyl (C=O) groups excluding carboxylic acids is 2. The molecule has 1 fully saturated rings. The maximum absolute atomic E-state index is 13.4. The van der Waals surface area contributed by atoms with Crippen molar-refractivity contribution in [3.05, 3.63) is 84.1 Å². The van der Waals surface area contributed by atoms with Crippen LogP contribution >= 0.6 is 0 Å². The first kappa shape index (κ1) is 23.5. The van der Waals surface area contributed by atoms with Crippen LogP contribution in [0.25, 0.3) is 11.3 Å². The van der Waals surface area contributed by atoms with Crippen molar-refractivity contribution < 1.29 is 14.3 Å². The quantitative estimate of drug-likeness (QED) is 0.584. The lowest BCUT2D eigenvalue weighted by Crippen LogP contribution is -2.57. The van der Waals surface area contributed by atoms with E-state index in [9.17, 15) is 9.59 Å². The van der Waals surface area contributed by atoms with Crippen LogP contribution in [0.2, 0.25) is 0 Å². The van der Waals surface area contributed by atoms with E-state index in [-0.39, 0.29) is 17.7 Å². The second-order valence-electron chi connectivity index (χ2n) is 9.18. The average molecular weight is 458 g/mol. The Balaban J connectivity index is 1.49. The molecule has 6 heteroatoms. The van der Waals surface area contributed by atoms with Gasteiger partial charge in [-0.1, -0.05) is 36.4 Å². The van der Waals surface area contributed by atoms with Crippen molar-refractivity contribution in [3.63, 3.8) is 0 Å². The van der Waals surface area contributed by atoms with Crippen LogP contribution in [0.1, 0.15) is 48.7 Å². The van der Waals surface area contributed by atoms with E-state index in [1.54, 1.807) is 33.1 Å². The minimum absolute atomic E-state index is 0.0811. The van der Waals surface area contributed by atoms with Crippen LogP contribution in [-0.4, -0.2) is 47.4 Å². The summed E-state index contributed by atoms with van der Waals surface area (Å²) in [5.41, 5.74) is 2.29. The molecule has 1 aliphatic rings. The fraction of sp³-hybridized carbons (Fsp3) is 0.321. The molecule has 6 nitrogen and oxygen atoms in total. The lowest BCUT2D eigenvalue weighted by molar-refractivity contribution is -0.138. The molecule has 1 aliphatic heterocycles. The smallest absolute Gasteiger partial charge is 0.252 e. The van der Waals surface area contributed by atoms with Gasteiger partial charge in [0.15, 0.2) is 0 Å². The van der Waals surface area contributed by atoms with E-state index in [1.807, 2.05) is 65.6 Å². The van der Waals surface area contributed by atoms with Crippen molar-refractivity contribution >= 4 is 11.8 Å². The highest BCUT2D eigenvalue weighted by Gasteiger charge is 2.36. The van der Waals surface area contributed by atoms with Crippen LogP contribution in [0.4, 0.5) is 0 Å². The summed E-state index contributed by atoms with van der Waals surface area (Å²) >= 11 is 0. The molecule has 1 N–H and O–H groups in total. The zero-order valence-corrected chi connectivity index (χ0v) is 20.0. The molecule has 0 aliphatic carbocycles. The normalized spacial score (nSPS) is 16.1. The number of rotatable bonds is 6. The highest BCUT2D eigenvalue weighted by atomic mass is 16.5. The topological polar surface area (TPSA) is 71.5 Å². The molecule has 1 saturated heterocycles. The summed E-state index contributed by atoms with van der Waals surface area (Å²) in [6.07, 6.45) is 1.85. The SMILES string of the molecule is COc1ccccc1-c1cccc([C@@H]2CCCN(C(=O)C(C)(C)NC(=O)c3ccccc3)C2)n1. The van der Waals surface area contributed by atoms with Gasteiger partial charge in [0.1, 0.15) is 11.3 Å². The predicted octanol–water partition coefficient (Wildman–Crippen LogP) is 4.67. The third kappa shape index (κ3) is 5.11. The number of ether oxygens (including phenoxy) is 1. The maximum Gasteiger partial charge on any atom is 0.252 e. The lowest BCUT2D eigenvalue weighted by atomic mass is 9.92. The highest BCUT2D eigenvalue weighted by molar-refractivity contribution is 5.98. The third-order valence-electron chi connectivity index (χ3n) is 6.28. The van der Waals surface area contributed by atoms with Gasteiger partial charge in [-0.2, -0.15) is 0 Å². The monoisotopic (exact) mass is 457 g/mol. The second-order valence-corrected chi connectivity index (χ2v) is 9.18. The molecule has 2 amide bonds. The number of carbonyl (C=O) groups is 2. The molecule has 0 bridgehead atoms. The summed E-state index contributed by atoms with van der Waals surface area (Å²) in [6, 6.07) is 22.8. The molecular formula is C28H31N3O3. The Bertz CT molecular complexity index is 1160. The van der Waals surface area contributed by atoms with Crippen molar-refractivity contribution in [3.8, 4) is 17.0 Å². The number of amides is 2. The van der Waals surface area contributed by atoms with Gasteiger partial charge in [0.05, 0.1) is 12.8 Å². The van der Waals surface area contributed by atoms with E-state index < -0.39 is 5.54 Å². The molecule has 4 rings (SSSR count). The fourth-order valence-electron chi connectivity index (χ4n) is 4.48. The van der Waals surface area contributed by atoms with Crippen LogP contribution in [0.5, 0.6) is 5.75 Å². The fourth-order valence-corrected chi connectivity index (χ4v) is 4.48. The molecule has 0 unspecified atom stereocenters. The van der Waals surface area contributed by atoms with Gasteiger partial charge in [-0.3, -0.25) is 14.6 Å². The zero-order valence-electron chi connectivity index (χ0n) is 20.0. The zero-order chi connectivity index (χ0) is 24.1. The standard InChI is InChI=1S/C28H31N3O3/c1-28(2,30-26(32)20-11-5-4-6-12-20)27(33)31-18-10-13-21(19-31)23-15-9-16-24(29-23)22-14-7-8-17-25(22)34-3/h4-9,11-12,14-17,21H,10,13,18-19H2,1-3H3,(H,30,32)/t21-/m1/s1. The predicted molar refractivity (Wildman–Crippen MR) is 133 cm³/mol. The number of aromatic nitrogens is 1. The van der Waals surface area contributed by atoms with Gasteiger partial charge in [0, 0.05) is 35.8 Å². The average Bonchev–Trinajstić information content (AvgIpc) is 2.88. The molecular weight excluding hydrogens is 426 g/mol. The van der Waals surface area contributed by atoms with Gasteiger partial charge >= 0.3 is 0 Å². The Morgan fingerprint density at radius 2 is 1.74 bits per heavy atom. The first-order valence-corrected chi connectivity index (χ1v) is 11.7. The summed E-state index contributed by atoms with van der Waals surface area (Å²) in [4.78, 5) is 32.9. The number of nitrogens with one attached hydrogen (secondary N) is 1. The maximum atomic E-state index is 13.4. The molecule has 2 aromatic carbocycles. The van der Waals surface area contributed by atoms with E-state index in [0.29, 0.717) is 18.7 Å². The number of pyridine rings is 1. The minimum atomic E-state index is -1.01. The first-order chi connectivity index (χ1) is 16.4. The number of likely N-dealkylation sites (tertiary alicyclic amines) is 1. The number of nitrogens with zero attached hydrogens (tertiary/aromatic N) is 2. The molecule has 176 valence electrons. The Labute approximate surface area is 201 Å². The molecule has 0 radical (unpaired) electrons. The third-order valence-corrected chi connectivity index (χ3v) is 6.28. The highest BCUT2D eigenvalue weighted by Crippen LogP contribution is 2.32. The number of piperidine rings is 1. The van der Waals surface area contributed by atoms with E-state index >= 15 is 0 Å². The number of methoxy groups -OCH3 is 1. The first-order valence-electron chi connectivity index (χ1n) is 11.7. The van der Waals surface area contributed by atoms with Crippen molar-refractivity contribution in [1.82, 2.24) is 15.2 Å². The van der Waals surface area contributed by atoms with Gasteiger partial charge in [-0.05, 0) is 63.1 Å². The molecule has 1 aromatic heterocycles. The van der Waals surface area contributed by atoms with Crippen LogP contribution in [0, 0.1) is 0 Å².